The highest BCUT2D eigenvalue weighted by molar-refractivity contribution is 6.51. The summed E-state index contributed by atoms with van der Waals surface area (Å²) >= 11 is 0. The molecule has 0 saturated carbocycles. The smallest absolute Gasteiger partial charge is 0.300 e. The van der Waals surface area contributed by atoms with Gasteiger partial charge >= 0.3 is 0 Å². The molecule has 38 heavy (non-hydrogen) atoms. The molecule has 0 aliphatic carbocycles. The Morgan fingerprint density at radius 3 is 2.26 bits per heavy atom. The van der Waals surface area contributed by atoms with Gasteiger partial charge < -0.3 is 9.84 Å². The number of ketones is 1. The van der Waals surface area contributed by atoms with Crippen LogP contribution in [0.1, 0.15) is 28.3 Å². The van der Waals surface area contributed by atoms with Crippen molar-refractivity contribution in [1.29, 1.82) is 0 Å². The first kappa shape index (κ1) is 24.9. The zero-order valence-corrected chi connectivity index (χ0v) is 20.4. The summed E-state index contributed by atoms with van der Waals surface area (Å²) in [6.07, 6.45) is 0. The highest BCUT2D eigenvalue weighted by Crippen LogP contribution is 2.43. The number of carbonyl (C=O) groups is 2. The summed E-state index contributed by atoms with van der Waals surface area (Å²) in [6.45, 7) is 2.15. The van der Waals surface area contributed by atoms with Crippen molar-refractivity contribution in [2.24, 2.45) is 0 Å². The van der Waals surface area contributed by atoms with Crippen molar-refractivity contribution >= 4 is 23.1 Å². The number of benzene rings is 4. The number of Topliss-reactive ketones (excluding diaryl/α,β-unsaturated/α-hetero) is 1. The Kier molecular flexibility index (Phi) is 6.75. The van der Waals surface area contributed by atoms with E-state index in [9.17, 15) is 23.5 Å². The fraction of sp³-hybridized carbons (Fsp3) is 0.0968. The number of anilines is 1. The molecule has 4 aromatic carbocycles. The molecule has 1 unspecified atom stereocenters. The number of ether oxygens (including phenoxy) is 1. The minimum absolute atomic E-state index is 0.220. The fourth-order valence-electron chi connectivity index (χ4n) is 4.55. The van der Waals surface area contributed by atoms with E-state index in [0.29, 0.717) is 23.5 Å². The minimum atomic E-state index is -1.16. The standard InChI is InChI=1S/C31H23F2NO4/c1-19-16-22(12-15-26(19)38-18-20-8-4-2-5-9-20)29(35)27-28(21-10-6-3-7-11-21)34(31(37)30(27)36)25-17-23(32)13-14-24(25)33/h2-17,28,35H,18H2,1H3/b29-27+. The predicted octanol–water partition coefficient (Wildman–Crippen LogP) is 6.48. The molecule has 1 heterocycles. The number of aryl methyl sites for hydroxylation is 1. The summed E-state index contributed by atoms with van der Waals surface area (Å²) in [5, 5.41) is 11.3. The number of aliphatic hydroxyl groups excluding tert-OH is 1. The van der Waals surface area contributed by atoms with Crippen LogP contribution in [0.3, 0.4) is 0 Å². The molecule has 1 saturated heterocycles. The predicted molar refractivity (Wildman–Crippen MR) is 140 cm³/mol. The molecule has 1 amide bonds. The number of nitrogens with zero attached hydrogens (tertiary/aromatic N) is 1. The van der Waals surface area contributed by atoms with Crippen molar-refractivity contribution in [3.63, 3.8) is 0 Å². The Labute approximate surface area is 218 Å². The van der Waals surface area contributed by atoms with Gasteiger partial charge in [-0.15, -0.1) is 0 Å². The Morgan fingerprint density at radius 2 is 1.58 bits per heavy atom. The van der Waals surface area contributed by atoms with Gasteiger partial charge in [0, 0.05) is 11.6 Å². The zero-order chi connectivity index (χ0) is 26.8. The number of hydrogen-bond acceptors (Lipinski definition) is 4. The molecule has 1 aliphatic heterocycles. The van der Waals surface area contributed by atoms with Crippen LogP contribution >= 0.6 is 0 Å². The number of aliphatic hydroxyl groups is 1. The fourth-order valence-corrected chi connectivity index (χ4v) is 4.55. The summed E-state index contributed by atoms with van der Waals surface area (Å²) in [7, 11) is 0. The molecule has 0 spiro atoms. The molecular weight excluding hydrogens is 488 g/mol. The second kappa shape index (κ2) is 10.3. The number of carbonyl (C=O) groups excluding carboxylic acids is 2. The normalized spacial score (nSPS) is 16.6. The molecule has 1 aliphatic rings. The molecule has 190 valence electrons. The lowest BCUT2D eigenvalue weighted by molar-refractivity contribution is -0.132. The van der Waals surface area contributed by atoms with E-state index in [0.717, 1.165) is 28.7 Å². The molecule has 7 heteroatoms. The molecule has 1 N–H and O–H groups in total. The maximum Gasteiger partial charge on any atom is 0.300 e. The second-order valence-corrected chi connectivity index (χ2v) is 8.93. The van der Waals surface area contributed by atoms with Crippen LogP contribution in [0.25, 0.3) is 5.76 Å². The topological polar surface area (TPSA) is 66.8 Å². The van der Waals surface area contributed by atoms with Crippen LogP contribution in [-0.2, 0) is 16.2 Å². The summed E-state index contributed by atoms with van der Waals surface area (Å²) in [6, 6.07) is 24.5. The third-order valence-corrected chi connectivity index (χ3v) is 6.41. The quantitative estimate of drug-likeness (QED) is 0.183. The van der Waals surface area contributed by atoms with Crippen LogP contribution in [0.4, 0.5) is 14.5 Å². The van der Waals surface area contributed by atoms with Gasteiger partial charge in [0.15, 0.2) is 0 Å². The number of amides is 1. The van der Waals surface area contributed by atoms with Crippen molar-refractivity contribution in [2.45, 2.75) is 19.6 Å². The van der Waals surface area contributed by atoms with Crippen molar-refractivity contribution in [1.82, 2.24) is 0 Å². The van der Waals surface area contributed by atoms with Crippen molar-refractivity contribution in [3.05, 3.63) is 137 Å². The van der Waals surface area contributed by atoms with Crippen molar-refractivity contribution in [3.8, 4) is 5.75 Å². The SMILES string of the molecule is Cc1cc(/C(O)=C2\C(=O)C(=O)N(c3cc(F)ccc3F)C2c2ccccc2)ccc1OCc1ccccc1. The molecular formula is C31H23F2NO4. The van der Waals surface area contributed by atoms with Crippen LogP contribution in [0.2, 0.25) is 0 Å². The summed E-state index contributed by atoms with van der Waals surface area (Å²) in [4.78, 5) is 27.3. The highest BCUT2D eigenvalue weighted by Gasteiger charge is 2.47. The number of halogens is 2. The molecule has 4 aromatic rings. The van der Waals surface area contributed by atoms with Gasteiger partial charge in [-0.1, -0.05) is 60.7 Å². The van der Waals surface area contributed by atoms with E-state index < -0.39 is 35.1 Å². The van der Waals surface area contributed by atoms with E-state index in [-0.39, 0.29) is 16.8 Å². The van der Waals surface area contributed by atoms with Gasteiger partial charge in [-0.05, 0) is 53.9 Å². The zero-order valence-electron chi connectivity index (χ0n) is 20.4. The third kappa shape index (κ3) is 4.66. The lowest BCUT2D eigenvalue weighted by Gasteiger charge is -2.25. The van der Waals surface area contributed by atoms with Crippen molar-refractivity contribution < 1.29 is 28.2 Å². The maximum atomic E-state index is 14.8. The Balaban J connectivity index is 1.57. The maximum absolute atomic E-state index is 14.8. The minimum Gasteiger partial charge on any atom is -0.507 e. The molecule has 0 radical (unpaired) electrons. The van der Waals surface area contributed by atoms with Gasteiger partial charge in [-0.25, -0.2) is 8.78 Å². The monoisotopic (exact) mass is 511 g/mol. The first-order valence-electron chi connectivity index (χ1n) is 11.9. The van der Waals surface area contributed by atoms with Crippen LogP contribution in [0.5, 0.6) is 5.75 Å². The van der Waals surface area contributed by atoms with Gasteiger partial charge in [-0.2, -0.15) is 0 Å². The van der Waals surface area contributed by atoms with E-state index in [2.05, 4.69) is 0 Å². The molecule has 1 fully saturated rings. The molecule has 0 aromatic heterocycles. The van der Waals surface area contributed by atoms with E-state index in [1.807, 2.05) is 30.3 Å². The van der Waals surface area contributed by atoms with E-state index in [1.54, 1.807) is 55.5 Å². The molecule has 0 bridgehead atoms. The number of rotatable bonds is 6. The average molecular weight is 512 g/mol. The van der Waals surface area contributed by atoms with Crippen LogP contribution < -0.4 is 9.64 Å². The van der Waals surface area contributed by atoms with E-state index >= 15 is 0 Å². The van der Waals surface area contributed by atoms with Crippen LogP contribution in [-0.4, -0.2) is 16.8 Å². The summed E-state index contributed by atoms with van der Waals surface area (Å²) in [5.41, 5.74) is 1.82. The molecule has 1 atom stereocenters. The number of hydrogen-bond donors (Lipinski definition) is 1. The first-order valence-corrected chi connectivity index (χ1v) is 11.9. The molecule has 5 rings (SSSR count). The van der Waals surface area contributed by atoms with Gasteiger partial charge in [0.1, 0.15) is 29.8 Å². The first-order chi connectivity index (χ1) is 18.3. The lowest BCUT2D eigenvalue weighted by atomic mass is 9.94. The lowest BCUT2D eigenvalue weighted by Crippen LogP contribution is -2.30. The Bertz CT molecular complexity index is 1550. The highest BCUT2D eigenvalue weighted by atomic mass is 19.1. The van der Waals surface area contributed by atoms with Crippen molar-refractivity contribution in [2.75, 3.05) is 4.90 Å². The average Bonchev–Trinajstić information content (AvgIpc) is 3.20. The largest absolute Gasteiger partial charge is 0.507 e. The van der Waals surface area contributed by atoms with E-state index in [4.69, 9.17) is 4.74 Å². The second-order valence-electron chi connectivity index (χ2n) is 8.93. The Morgan fingerprint density at radius 1 is 0.895 bits per heavy atom. The Hall–Kier alpha value is -4.78. The van der Waals surface area contributed by atoms with Gasteiger partial charge in [0.05, 0.1) is 17.3 Å². The summed E-state index contributed by atoms with van der Waals surface area (Å²) in [5.74, 6) is -3.53. The van der Waals surface area contributed by atoms with Crippen LogP contribution in [0, 0.1) is 18.6 Å². The van der Waals surface area contributed by atoms with Gasteiger partial charge in [0.25, 0.3) is 11.7 Å². The van der Waals surface area contributed by atoms with E-state index in [1.165, 1.54) is 0 Å². The third-order valence-electron chi connectivity index (χ3n) is 6.41. The summed E-state index contributed by atoms with van der Waals surface area (Å²) < 4.78 is 34.8. The van der Waals surface area contributed by atoms with Gasteiger partial charge in [0.2, 0.25) is 0 Å². The van der Waals surface area contributed by atoms with Gasteiger partial charge in [-0.3, -0.25) is 14.5 Å². The van der Waals surface area contributed by atoms with Crippen LogP contribution in [0.15, 0.2) is 103 Å². The molecule has 5 nitrogen and oxygen atoms in total.